The highest BCUT2D eigenvalue weighted by Crippen LogP contribution is 2.41. The quantitative estimate of drug-likeness (QED) is 0.722. The molecule has 1 amide bonds. The minimum atomic E-state index is -4.40. The molecular weight excluding hydrogens is 407 g/mol. The molecule has 4 rings (SSSR count). The van der Waals surface area contributed by atoms with Gasteiger partial charge in [0, 0.05) is 44.0 Å². The molecule has 2 aromatic heterocycles. The summed E-state index contributed by atoms with van der Waals surface area (Å²) < 4.78 is 40.3. The van der Waals surface area contributed by atoms with Gasteiger partial charge in [-0.2, -0.15) is 18.3 Å². The molecule has 0 unspecified atom stereocenters. The summed E-state index contributed by atoms with van der Waals surface area (Å²) in [6.07, 6.45) is -0.558. The first kappa shape index (κ1) is 21.6. The van der Waals surface area contributed by atoms with E-state index in [2.05, 4.69) is 30.9 Å². The molecule has 31 heavy (non-hydrogen) atoms. The van der Waals surface area contributed by atoms with Crippen molar-refractivity contribution in [2.45, 2.75) is 57.7 Å². The van der Waals surface area contributed by atoms with Crippen LogP contribution in [0.15, 0.2) is 24.4 Å². The van der Waals surface area contributed by atoms with Gasteiger partial charge in [-0.25, -0.2) is 4.98 Å². The maximum absolute atomic E-state index is 13.2. The first-order valence-electron chi connectivity index (χ1n) is 10.7. The molecule has 0 bridgehead atoms. The van der Waals surface area contributed by atoms with Crippen LogP contribution in [-0.2, 0) is 11.7 Å². The number of halogens is 3. The van der Waals surface area contributed by atoms with E-state index in [1.807, 2.05) is 15.6 Å². The topological polar surface area (TPSA) is 54.3 Å². The second-order valence-electron chi connectivity index (χ2n) is 9.35. The van der Waals surface area contributed by atoms with Gasteiger partial charge >= 0.3 is 6.18 Å². The molecule has 2 aliphatic rings. The number of aromatic nitrogens is 3. The summed E-state index contributed by atoms with van der Waals surface area (Å²) in [5, 5.41) is 4.65. The van der Waals surface area contributed by atoms with Crippen LogP contribution in [0.3, 0.4) is 0 Å². The lowest BCUT2D eigenvalue weighted by molar-refractivity contribution is -0.137. The minimum absolute atomic E-state index is 0.0906. The van der Waals surface area contributed by atoms with E-state index in [0.717, 1.165) is 30.8 Å². The fourth-order valence-corrected chi connectivity index (χ4v) is 3.96. The number of nitrogens with zero attached hydrogens (tertiary/aromatic N) is 5. The second-order valence-corrected chi connectivity index (χ2v) is 9.35. The predicted octanol–water partition coefficient (Wildman–Crippen LogP) is 4.28. The van der Waals surface area contributed by atoms with Crippen molar-refractivity contribution < 1.29 is 18.0 Å². The highest BCUT2D eigenvalue weighted by Gasteiger charge is 2.34. The van der Waals surface area contributed by atoms with Crippen LogP contribution in [-0.4, -0.2) is 51.8 Å². The highest BCUT2D eigenvalue weighted by molar-refractivity contribution is 5.92. The van der Waals surface area contributed by atoms with Gasteiger partial charge in [-0.05, 0) is 58.2 Å². The van der Waals surface area contributed by atoms with Crippen LogP contribution in [0.25, 0.3) is 0 Å². The fraction of sp³-hybridized carbons (Fsp3) is 0.591. The van der Waals surface area contributed by atoms with Crippen LogP contribution in [0.1, 0.15) is 67.7 Å². The number of hydrogen-bond donors (Lipinski definition) is 0. The summed E-state index contributed by atoms with van der Waals surface area (Å²) in [5.41, 5.74) is 0.642. The Balaban J connectivity index is 1.46. The van der Waals surface area contributed by atoms with Gasteiger partial charge in [0.25, 0.3) is 5.91 Å². The van der Waals surface area contributed by atoms with Gasteiger partial charge in [-0.1, -0.05) is 0 Å². The third-order valence-corrected chi connectivity index (χ3v) is 5.77. The highest BCUT2D eigenvalue weighted by atomic mass is 19.4. The van der Waals surface area contributed by atoms with Gasteiger partial charge in [0.05, 0.1) is 11.1 Å². The Morgan fingerprint density at radius 1 is 1.06 bits per heavy atom. The van der Waals surface area contributed by atoms with E-state index in [4.69, 9.17) is 0 Å². The molecule has 1 saturated carbocycles. The molecule has 1 saturated heterocycles. The average molecular weight is 435 g/mol. The van der Waals surface area contributed by atoms with Gasteiger partial charge in [-0.3, -0.25) is 9.48 Å². The van der Waals surface area contributed by atoms with E-state index in [-0.39, 0.29) is 11.4 Å². The number of hydrogen-bond acceptors (Lipinski definition) is 4. The number of amides is 1. The normalized spacial score (nSPS) is 18.3. The molecule has 9 heteroatoms. The van der Waals surface area contributed by atoms with Crippen molar-refractivity contribution in [3.05, 3.63) is 41.3 Å². The lowest BCUT2D eigenvalue weighted by atomic mass is 10.1. The molecule has 0 atom stereocenters. The van der Waals surface area contributed by atoms with Crippen molar-refractivity contribution in [3.8, 4) is 0 Å². The Labute approximate surface area is 180 Å². The number of anilines is 1. The van der Waals surface area contributed by atoms with Crippen molar-refractivity contribution in [1.82, 2.24) is 19.7 Å². The van der Waals surface area contributed by atoms with Crippen molar-refractivity contribution in [2.75, 3.05) is 31.1 Å². The van der Waals surface area contributed by atoms with Crippen LogP contribution >= 0.6 is 0 Å². The second kappa shape index (κ2) is 7.84. The molecule has 168 valence electrons. The summed E-state index contributed by atoms with van der Waals surface area (Å²) >= 11 is 0. The molecule has 2 fully saturated rings. The maximum Gasteiger partial charge on any atom is 0.417 e. The van der Waals surface area contributed by atoms with Crippen molar-refractivity contribution in [2.24, 2.45) is 0 Å². The zero-order chi connectivity index (χ0) is 22.4. The van der Waals surface area contributed by atoms with Crippen molar-refractivity contribution in [1.29, 1.82) is 0 Å². The molecule has 6 nitrogen and oxygen atoms in total. The third-order valence-electron chi connectivity index (χ3n) is 5.77. The largest absolute Gasteiger partial charge is 0.417 e. The summed E-state index contributed by atoms with van der Waals surface area (Å²) in [6.45, 7) is 8.45. The monoisotopic (exact) mass is 435 g/mol. The van der Waals surface area contributed by atoms with Crippen LogP contribution in [0.5, 0.6) is 0 Å². The molecular formula is C22H28F3N5O. The fourth-order valence-electron chi connectivity index (χ4n) is 3.96. The van der Waals surface area contributed by atoms with E-state index in [0.29, 0.717) is 50.0 Å². The lowest BCUT2D eigenvalue weighted by Crippen LogP contribution is -2.36. The van der Waals surface area contributed by atoms with Gasteiger partial charge in [0.2, 0.25) is 0 Å². The molecule has 0 N–H and O–H groups in total. The Kier molecular flexibility index (Phi) is 5.47. The van der Waals surface area contributed by atoms with Crippen LogP contribution in [0.4, 0.5) is 19.0 Å². The number of rotatable bonds is 3. The smallest absolute Gasteiger partial charge is 0.355 e. The minimum Gasteiger partial charge on any atom is -0.355 e. The number of carbonyl (C=O) groups is 1. The first-order chi connectivity index (χ1) is 14.5. The van der Waals surface area contributed by atoms with Gasteiger partial charge < -0.3 is 9.80 Å². The Morgan fingerprint density at radius 2 is 1.81 bits per heavy atom. The van der Waals surface area contributed by atoms with E-state index < -0.39 is 11.7 Å². The molecule has 1 aliphatic carbocycles. The van der Waals surface area contributed by atoms with Crippen LogP contribution in [0, 0.1) is 0 Å². The summed E-state index contributed by atoms with van der Waals surface area (Å²) in [4.78, 5) is 20.9. The number of carbonyl (C=O) groups excluding carboxylic acids is 1. The molecule has 3 heterocycles. The van der Waals surface area contributed by atoms with Gasteiger partial charge in [-0.15, -0.1) is 0 Å². The average Bonchev–Trinajstić information content (AvgIpc) is 3.48. The maximum atomic E-state index is 13.2. The molecule has 0 spiro atoms. The molecule has 2 aromatic rings. The van der Waals surface area contributed by atoms with Crippen LogP contribution < -0.4 is 4.90 Å². The van der Waals surface area contributed by atoms with Crippen molar-refractivity contribution in [3.63, 3.8) is 0 Å². The predicted molar refractivity (Wildman–Crippen MR) is 111 cm³/mol. The molecule has 0 radical (unpaired) electrons. The standard InChI is InChI=1S/C22H28F3N5O/c1-21(2,3)30-18(15-5-6-15)13-17(27-30)20(31)29-10-4-9-28(11-12-29)19-8-7-16(14-26-19)22(23,24)25/h7-8,13-15H,4-6,9-12H2,1-3H3. The van der Waals surface area contributed by atoms with E-state index in [1.165, 1.54) is 6.07 Å². The van der Waals surface area contributed by atoms with Crippen molar-refractivity contribution >= 4 is 11.7 Å². The third kappa shape index (κ3) is 4.70. The Morgan fingerprint density at radius 3 is 2.39 bits per heavy atom. The van der Waals surface area contributed by atoms with Gasteiger partial charge in [0.15, 0.2) is 5.69 Å². The van der Waals surface area contributed by atoms with E-state index in [9.17, 15) is 18.0 Å². The lowest BCUT2D eigenvalue weighted by Gasteiger charge is -2.23. The number of alkyl halides is 3. The Hall–Kier alpha value is -2.58. The first-order valence-corrected chi connectivity index (χ1v) is 10.7. The molecule has 1 aliphatic heterocycles. The molecule has 0 aromatic carbocycles. The number of pyridine rings is 1. The SMILES string of the molecule is CC(C)(C)n1nc(C(=O)N2CCCN(c3ccc(C(F)(F)F)cn3)CC2)cc1C1CC1. The van der Waals surface area contributed by atoms with Gasteiger partial charge in [0.1, 0.15) is 5.82 Å². The van der Waals surface area contributed by atoms with E-state index >= 15 is 0 Å². The van der Waals surface area contributed by atoms with Crippen LogP contribution in [0.2, 0.25) is 0 Å². The summed E-state index contributed by atoms with van der Waals surface area (Å²) in [7, 11) is 0. The van der Waals surface area contributed by atoms with E-state index in [1.54, 1.807) is 4.90 Å². The zero-order valence-electron chi connectivity index (χ0n) is 18.1. The summed E-state index contributed by atoms with van der Waals surface area (Å²) in [6, 6.07) is 4.38. The Bertz CT molecular complexity index is 942. The zero-order valence-corrected chi connectivity index (χ0v) is 18.1. The summed E-state index contributed by atoms with van der Waals surface area (Å²) in [5.74, 6) is 0.890.